The monoisotopic (exact) mass is 702 g/mol. The number of amidine groups is 1. The van der Waals surface area contributed by atoms with E-state index < -0.39 is 40.5 Å². The van der Waals surface area contributed by atoms with Crippen LogP contribution in [-0.4, -0.2) is 104 Å². The number of carbonyl (C=O) groups excluding carboxylic acids is 3. The van der Waals surface area contributed by atoms with Crippen LogP contribution in [-0.2, 0) is 28.6 Å². The van der Waals surface area contributed by atoms with E-state index in [1.807, 2.05) is 51.1 Å². The van der Waals surface area contributed by atoms with Crippen molar-refractivity contribution in [1.29, 1.82) is 0 Å². The Hall–Kier alpha value is -3.97. The Labute approximate surface area is 299 Å². The van der Waals surface area contributed by atoms with E-state index >= 15 is 0 Å². The van der Waals surface area contributed by atoms with Gasteiger partial charge in [0.15, 0.2) is 5.78 Å². The lowest BCUT2D eigenvalue weighted by molar-refractivity contribution is -0.174. The fraction of sp³-hybridized carbons (Fsp3) is 0.564. The minimum Gasteiger partial charge on any atom is -0.462 e. The number of hydrogen-bond donors (Lipinski definition) is 3. The molecule has 2 aliphatic carbocycles. The van der Waals surface area contributed by atoms with Crippen LogP contribution < -0.4 is 10.2 Å². The molecule has 3 aliphatic heterocycles. The van der Waals surface area contributed by atoms with Crippen LogP contribution in [0.1, 0.15) is 58.9 Å². The Bertz CT molecular complexity index is 1710. The largest absolute Gasteiger partial charge is 0.462 e. The summed E-state index contributed by atoms with van der Waals surface area (Å²) in [5, 5.41) is 25.5. The molecule has 8 atom stereocenters. The lowest BCUT2D eigenvalue weighted by atomic mass is 9.44. The van der Waals surface area contributed by atoms with Gasteiger partial charge in [0.2, 0.25) is 0 Å². The van der Waals surface area contributed by atoms with E-state index in [-0.39, 0.29) is 60.2 Å². The standard InChI is InChI=1S/C39H50N4O8/c1-7-49-36(48)34(24-8-11-26(12-9-24)43(5)6)28-18-25(35(47)51-28)10-13-29-37(3)15-14-32(46)38(4,21-44)30(37)20-31(39(29)22-50-39)42-23(2)27(45)19-33-40-16-17-41-33/h8-13,16,18,23,29-32,42,44,46H,7,14-15,17,19-22H2,1-6H3/b13-10+,34-28-/t23?,29?,30?,31?,32-,37-,38+,39?/m1/s1. The number of aliphatic hydroxyl groups is 2. The molecule has 1 aromatic carbocycles. The topological polar surface area (TPSA) is 163 Å². The molecule has 5 unspecified atom stereocenters. The maximum absolute atomic E-state index is 13.4. The van der Waals surface area contributed by atoms with Crippen molar-refractivity contribution in [2.24, 2.45) is 32.7 Å². The van der Waals surface area contributed by atoms with Gasteiger partial charge in [0.05, 0.1) is 50.5 Å². The third-order valence-electron chi connectivity index (χ3n) is 11.9. The number of carbonyl (C=O) groups is 3. The second-order valence-electron chi connectivity index (χ2n) is 15.1. The normalized spacial score (nSPS) is 34.2. The van der Waals surface area contributed by atoms with Crippen molar-refractivity contribution >= 4 is 41.0 Å². The molecule has 0 aromatic heterocycles. The fourth-order valence-electron chi connectivity index (χ4n) is 8.79. The van der Waals surface area contributed by atoms with Gasteiger partial charge in [0.25, 0.3) is 0 Å². The molecule has 12 nitrogen and oxygen atoms in total. The van der Waals surface area contributed by atoms with E-state index in [1.165, 1.54) is 0 Å². The van der Waals surface area contributed by atoms with Gasteiger partial charge in [0.1, 0.15) is 22.8 Å². The van der Waals surface area contributed by atoms with Crippen LogP contribution in [0.15, 0.2) is 63.8 Å². The molecule has 2 saturated carbocycles. The van der Waals surface area contributed by atoms with Gasteiger partial charge in [-0.05, 0) is 68.2 Å². The molecule has 1 aromatic rings. The third kappa shape index (κ3) is 6.74. The molecular weight excluding hydrogens is 652 g/mol. The molecule has 3 N–H and O–H groups in total. The summed E-state index contributed by atoms with van der Waals surface area (Å²) in [7, 11) is 3.85. The van der Waals surface area contributed by atoms with E-state index in [2.05, 4.69) is 22.2 Å². The molecular formula is C39H50N4O8. The van der Waals surface area contributed by atoms with Crippen LogP contribution in [0, 0.1) is 22.7 Å². The quantitative estimate of drug-likeness (QED) is 0.167. The van der Waals surface area contributed by atoms with E-state index in [4.69, 9.17) is 14.2 Å². The smallest absolute Gasteiger partial charge is 0.343 e. The van der Waals surface area contributed by atoms with Crippen molar-refractivity contribution in [3.8, 4) is 0 Å². The Morgan fingerprint density at radius 3 is 2.55 bits per heavy atom. The first kappa shape index (κ1) is 36.8. The summed E-state index contributed by atoms with van der Waals surface area (Å²) in [6.07, 6.45) is 8.17. The number of aliphatic hydroxyl groups excluding tert-OH is 2. The zero-order valence-corrected chi connectivity index (χ0v) is 30.3. The van der Waals surface area contributed by atoms with Crippen molar-refractivity contribution in [1.82, 2.24) is 5.32 Å². The molecule has 3 heterocycles. The van der Waals surface area contributed by atoms with Gasteiger partial charge < -0.3 is 34.6 Å². The second kappa shape index (κ2) is 14.2. The summed E-state index contributed by atoms with van der Waals surface area (Å²) < 4.78 is 17.4. The molecule has 1 spiro atoms. The highest BCUT2D eigenvalue weighted by Gasteiger charge is 2.70. The summed E-state index contributed by atoms with van der Waals surface area (Å²) in [4.78, 5) is 50.3. The van der Waals surface area contributed by atoms with Gasteiger partial charge in [0, 0.05) is 43.4 Å². The number of benzene rings is 1. The van der Waals surface area contributed by atoms with Crippen LogP contribution in [0.4, 0.5) is 5.69 Å². The lowest BCUT2D eigenvalue weighted by Gasteiger charge is -2.62. The van der Waals surface area contributed by atoms with E-state index in [1.54, 1.807) is 37.4 Å². The van der Waals surface area contributed by atoms with Gasteiger partial charge in [-0.15, -0.1) is 0 Å². The first-order valence-electron chi connectivity index (χ1n) is 17.9. The molecule has 5 aliphatic rings. The zero-order valence-electron chi connectivity index (χ0n) is 30.3. The van der Waals surface area contributed by atoms with Crippen molar-refractivity contribution in [3.05, 3.63) is 59.4 Å². The SMILES string of the molecule is CCOC(=O)/C(=C1C=C(/C=C/C2C3(CO3)C(NC(C)C(=O)CC3=NCC=N3)CC3[C@]2(C)CC[C@@H](O)[C@@]3(C)CO)C(=O)O/1)c1ccc(N(C)C)cc1. The summed E-state index contributed by atoms with van der Waals surface area (Å²) in [6, 6.07) is 6.54. The van der Waals surface area contributed by atoms with Gasteiger partial charge in [-0.2, -0.15) is 0 Å². The van der Waals surface area contributed by atoms with Crippen molar-refractivity contribution in [2.75, 3.05) is 45.4 Å². The number of Topliss-reactive ketones (excluding diaryl/α,β-unsaturated/α-hetero) is 1. The minimum atomic E-state index is -0.797. The first-order valence-corrected chi connectivity index (χ1v) is 17.9. The van der Waals surface area contributed by atoms with E-state index in [9.17, 15) is 24.6 Å². The van der Waals surface area contributed by atoms with Crippen molar-refractivity contribution in [2.45, 2.75) is 77.2 Å². The number of esters is 2. The molecule has 0 amide bonds. The zero-order chi connectivity index (χ0) is 36.7. The molecule has 0 radical (unpaired) electrons. The number of anilines is 1. The van der Waals surface area contributed by atoms with E-state index in [0.29, 0.717) is 43.8 Å². The molecule has 274 valence electrons. The number of rotatable bonds is 12. The number of fused-ring (bicyclic) bond motifs is 1. The highest BCUT2D eigenvalue weighted by molar-refractivity contribution is 6.19. The molecule has 6 rings (SSSR count). The first-order chi connectivity index (χ1) is 24.3. The predicted octanol–water partition coefficient (Wildman–Crippen LogP) is 3.42. The van der Waals surface area contributed by atoms with Crippen molar-refractivity contribution < 1.29 is 38.8 Å². The maximum atomic E-state index is 13.4. The van der Waals surface area contributed by atoms with Gasteiger partial charge in [-0.25, -0.2) is 14.6 Å². The number of epoxide rings is 1. The summed E-state index contributed by atoms with van der Waals surface area (Å²) in [5.74, 6) is -0.999. The third-order valence-corrected chi connectivity index (χ3v) is 11.9. The number of allylic oxidation sites excluding steroid dienone is 1. The second-order valence-corrected chi connectivity index (χ2v) is 15.1. The molecule has 1 saturated heterocycles. The summed E-state index contributed by atoms with van der Waals surface area (Å²) >= 11 is 0. The number of hydrogen-bond acceptors (Lipinski definition) is 12. The number of ketones is 1. The Kier molecular flexibility index (Phi) is 10.3. The minimum absolute atomic E-state index is 0.0374. The van der Waals surface area contributed by atoms with Gasteiger partial charge in [-0.3, -0.25) is 9.79 Å². The number of nitrogens with one attached hydrogen (secondary N) is 1. The number of aliphatic imine (C=N–C) groups is 2. The molecule has 0 bridgehead atoms. The fourth-order valence-corrected chi connectivity index (χ4v) is 8.79. The Morgan fingerprint density at radius 1 is 1.22 bits per heavy atom. The molecule has 3 fully saturated rings. The van der Waals surface area contributed by atoms with Crippen LogP contribution >= 0.6 is 0 Å². The van der Waals surface area contributed by atoms with Crippen LogP contribution in [0.25, 0.3) is 5.57 Å². The van der Waals surface area contributed by atoms with Gasteiger partial charge >= 0.3 is 11.9 Å². The highest BCUT2D eigenvalue weighted by Crippen LogP contribution is 2.65. The van der Waals surface area contributed by atoms with Crippen LogP contribution in [0.2, 0.25) is 0 Å². The van der Waals surface area contributed by atoms with Crippen LogP contribution in [0.3, 0.4) is 0 Å². The maximum Gasteiger partial charge on any atom is 0.343 e. The average Bonchev–Trinajstić information content (AvgIpc) is 3.54. The van der Waals surface area contributed by atoms with Crippen molar-refractivity contribution in [3.63, 3.8) is 0 Å². The average molecular weight is 703 g/mol. The van der Waals surface area contributed by atoms with Crippen LogP contribution in [0.5, 0.6) is 0 Å². The van der Waals surface area contributed by atoms with E-state index in [0.717, 1.165) is 5.69 Å². The Morgan fingerprint density at radius 2 is 1.94 bits per heavy atom. The number of cyclic esters (lactones) is 1. The molecule has 51 heavy (non-hydrogen) atoms. The summed E-state index contributed by atoms with van der Waals surface area (Å²) in [6.45, 7) is 8.55. The van der Waals surface area contributed by atoms with Gasteiger partial charge in [-0.1, -0.05) is 38.1 Å². The predicted molar refractivity (Wildman–Crippen MR) is 193 cm³/mol. The Balaban J connectivity index is 1.35. The molecule has 12 heteroatoms. The summed E-state index contributed by atoms with van der Waals surface area (Å²) in [5.41, 5.74) is 0.0334. The number of nitrogens with zero attached hydrogens (tertiary/aromatic N) is 3. The highest BCUT2D eigenvalue weighted by atomic mass is 16.6. The lowest BCUT2D eigenvalue weighted by Crippen LogP contribution is -2.67. The number of ether oxygens (including phenoxy) is 3.